The third kappa shape index (κ3) is 3.53. The Morgan fingerprint density at radius 1 is 1.33 bits per heavy atom. The van der Waals surface area contributed by atoms with Gasteiger partial charge in [-0.05, 0) is 30.0 Å². The monoisotopic (exact) mass is 229 g/mol. The van der Waals surface area contributed by atoms with Gasteiger partial charge in [-0.2, -0.15) is 0 Å². The highest BCUT2D eigenvalue weighted by Crippen LogP contribution is 2.28. The van der Waals surface area contributed by atoms with Crippen molar-refractivity contribution >= 4 is 10.4 Å². The van der Waals surface area contributed by atoms with Crippen LogP contribution in [0.25, 0.3) is 0 Å². The lowest BCUT2D eigenvalue weighted by Gasteiger charge is -2.15. The predicted octanol–water partition coefficient (Wildman–Crippen LogP) is 1.96. The molecule has 15 heavy (non-hydrogen) atoms. The zero-order valence-electron chi connectivity index (χ0n) is 8.85. The summed E-state index contributed by atoms with van der Waals surface area (Å²) < 4.78 is 35.9. The molecule has 0 saturated heterocycles. The first-order valence-corrected chi connectivity index (χ1v) is 5.89. The second kappa shape index (κ2) is 4.20. The van der Waals surface area contributed by atoms with Crippen LogP contribution in [-0.2, 0) is 10.4 Å². The van der Waals surface area contributed by atoms with Gasteiger partial charge in [0.25, 0.3) is 10.4 Å². The maximum absolute atomic E-state index is 10.5. The van der Waals surface area contributed by atoms with E-state index in [-0.39, 0.29) is 11.7 Å². The van der Waals surface area contributed by atoms with Crippen molar-refractivity contribution in [3.8, 4) is 5.75 Å². The van der Waals surface area contributed by atoms with Crippen LogP contribution in [0.15, 0.2) is 18.2 Å². The van der Waals surface area contributed by atoms with Crippen molar-refractivity contribution in [2.75, 3.05) is 0 Å². The lowest BCUT2D eigenvalue weighted by molar-refractivity contribution is 0.370. The molecule has 0 aliphatic rings. The van der Waals surface area contributed by atoms with Gasteiger partial charge < -0.3 is 8.74 Å². The maximum Gasteiger partial charge on any atom is 0.262 e. The Hall–Kier alpha value is -1.07. The van der Waals surface area contributed by atoms with E-state index in [0.29, 0.717) is 5.56 Å². The Bertz CT molecular complexity index is 448. The Labute approximate surface area is 89.8 Å². The molecule has 4 nitrogen and oxygen atoms in total. The summed E-state index contributed by atoms with van der Waals surface area (Å²) >= 11 is 0. The molecule has 84 valence electrons. The zero-order chi connectivity index (χ0) is 11.6. The van der Waals surface area contributed by atoms with E-state index in [4.69, 9.17) is 0 Å². The van der Waals surface area contributed by atoms with Gasteiger partial charge in [-0.3, -0.25) is 0 Å². The van der Waals surface area contributed by atoms with E-state index in [0.717, 1.165) is 5.56 Å². The van der Waals surface area contributed by atoms with Crippen LogP contribution in [0.3, 0.4) is 0 Å². The van der Waals surface area contributed by atoms with Gasteiger partial charge in [0, 0.05) is 0 Å². The number of hydrogen-bond acceptors (Lipinski definition) is 4. The lowest BCUT2D eigenvalue weighted by atomic mass is 10.0. The molecule has 0 aromatic heterocycles. The van der Waals surface area contributed by atoms with Crippen molar-refractivity contribution in [2.24, 2.45) is 0 Å². The molecule has 0 fully saturated rings. The molecule has 0 N–H and O–H groups in total. The van der Waals surface area contributed by atoms with Crippen LogP contribution >= 0.6 is 0 Å². The average Bonchev–Trinajstić information content (AvgIpc) is 1.99. The van der Waals surface area contributed by atoms with Crippen LogP contribution in [0.1, 0.15) is 30.9 Å². The van der Waals surface area contributed by atoms with Gasteiger partial charge >= 0.3 is 0 Å². The van der Waals surface area contributed by atoms with Crippen molar-refractivity contribution in [1.82, 2.24) is 0 Å². The van der Waals surface area contributed by atoms with Gasteiger partial charge in [-0.15, -0.1) is 0 Å². The standard InChI is InChI=1S/C10H14O4S/c1-7(2)9-5-4-8(3)6-10(9)14-15(11,12)13/h4-7H,1-3H3,(H,11,12,13)/p-1. The van der Waals surface area contributed by atoms with E-state index < -0.39 is 10.4 Å². The average molecular weight is 229 g/mol. The Balaban J connectivity index is 3.19. The summed E-state index contributed by atoms with van der Waals surface area (Å²) in [5, 5.41) is 0. The number of aryl methyl sites for hydroxylation is 1. The van der Waals surface area contributed by atoms with Crippen LogP contribution in [0, 0.1) is 6.92 Å². The molecule has 5 heteroatoms. The topological polar surface area (TPSA) is 66.4 Å². The Kier molecular flexibility index (Phi) is 3.36. The van der Waals surface area contributed by atoms with Gasteiger partial charge in [0.05, 0.1) is 0 Å². The van der Waals surface area contributed by atoms with Crippen molar-refractivity contribution < 1.29 is 17.2 Å². The van der Waals surface area contributed by atoms with E-state index in [2.05, 4.69) is 4.18 Å². The van der Waals surface area contributed by atoms with E-state index in [9.17, 15) is 13.0 Å². The summed E-state index contributed by atoms with van der Waals surface area (Å²) in [6.07, 6.45) is 0. The third-order valence-corrected chi connectivity index (χ3v) is 2.37. The SMILES string of the molecule is Cc1ccc(C(C)C)c(OS(=O)(=O)[O-])c1. The van der Waals surface area contributed by atoms with Crippen molar-refractivity contribution in [1.29, 1.82) is 0 Å². The molecule has 1 aromatic carbocycles. The van der Waals surface area contributed by atoms with E-state index >= 15 is 0 Å². The summed E-state index contributed by atoms with van der Waals surface area (Å²) in [4.78, 5) is 0. The van der Waals surface area contributed by atoms with Crippen LogP contribution in [0.5, 0.6) is 5.75 Å². The van der Waals surface area contributed by atoms with Crippen LogP contribution in [0.2, 0.25) is 0 Å². The third-order valence-electron chi connectivity index (χ3n) is 1.98. The Morgan fingerprint density at radius 2 is 1.93 bits per heavy atom. The Morgan fingerprint density at radius 3 is 2.40 bits per heavy atom. The summed E-state index contributed by atoms with van der Waals surface area (Å²) in [5.41, 5.74) is 1.55. The first-order chi connectivity index (χ1) is 6.79. The second-order valence-electron chi connectivity index (χ2n) is 3.69. The molecule has 0 unspecified atom stereocenters. The number of rotatable bonds is 3. The van der Waals surface area contributed by atoms with Gasteiger partial charge in [0.2, 0.25) is 0 Å². The predicted molar refractivity (Wildman–Crippen MR) is 55.6 cm³/mol. The van der Waals surface area contributed by atoms with Crippen molar-refractivity contribution in [3.05, 3.63) is 29.3 Å². The van der Waals surface area contributed by atoms with Crippen LogP contribution < -0.4 is 4.18 Å². The fourth-order valence-electron chi connectivity index (χ4n) is 1.30. The highest BCUT2D eigenvalue weighted by Gasteiger charge is 2.10. The molecule has 0 radical (unpaired) electrons. The lowest BCUT2D eigenvalue weighted by Crippen LogP contribution is -2.09. The van der Waals surface area contributed by atoms with Crippen molar-refractivity contribution in [2.45, 2.75) is 26.7 Å². The van der Waals surface area contributed by atoms with Gasteiger partial charge in [0.15, 0.2) is 0 Å². The van der Waals surface area contributed by atoms with E-state index in [1.165, 1.54) is 0 Å². The van der Waals surface area contributed by atoms with E-state index in [1.54, 1.807) is 19.1 Å². The van der Waals surface area contributed by atoms with Gasteiger partial charge in [-0.25, -0.2) is 8.42 Å². The molecule has 0 saturated carbocycles. The molecule has 0 atom stereocenters. The van der Waals surface area contributed by atoms with Crippen molar-refractivity contribution in [3.63, 3.8) is 0 Å². The quantitative estimate of drug-likeness (QED) is 0.587. The molecule has 0 bridgehead atoms. The molecular weight excluding hydrogens is 216 g/mol. The minimum atomic E-state index is -4.70. The molecule has 0 amide bonds. The molecule has 1 aromatic rings. The molecule has 0 spiro atoms. The molecule has 0 heterocycles. The minimum Gasteiger partial charge on any atom is -0.716 e. The number of benzene rings is 1. The summed E-state index contributed by atoms with van der Waals surface area (Å²) in [5.74, 6) is 0.224. The first kappa shape index (κ1) is 12.0. The summed E-state index contributed by atoms with van der Waals surface area (Å²) in [6.45, 7) is 5.60. The minimum absolute atomic E-state index is 0.0994. The highest BCUT2D eigenvalue weighted by molar-refractivity contribution is 7.81. The van der Waals surface area contributed by atoms with Crippen LogP contribution in [-0.4, -0.2) is 13.0 Å². The molecule has 0 aliphatic heterocycles. The highest BCUT2D eigenvalue weighted by atomic mass is 32.3. The van der Waals surface area contributed by atoms with E-state index in [1.807, 2.05) is 19.9 Å². The van der Waals surface area contributed by atoms with Gasteiger partial charge in [0.1, 0.15) is 5.75 Å². The molecule has 1 rings (SSSR count). The van der Waals surface area contributed by atoms with Crippen LogP contribution in [0.4, 0.5) is 0 Å². The first-order valence-electron chi connectivity index (χ1n) is 4.55. The zero-order valence-corrected chi connectivity index (χ0v) is 9.67. The summed E-state index contributed by atoms with van der Waals surface area (Å²) in [7, 11) is -4.70. The van der Waals surface area contributed by atoms with Gasteiger partial charge in [-0.1, -0.05) is 26.0 Å². The maximum atomic E-state index is 10.5. The molecule has 0 aliphatic carbocycles. The normalized spacial score (nSPS) is 11.8. The summed E-state index contributed by atoms with van der Waals surface area (Å²) in [6, 6.07) is 5.16. The molecular formula is C10H13O4S-. The fraction of sp³-hybridized carbons (Fsp3) is 0.400. The fourth-order valence-corrected chi connectivity index (χ4v) is 1.66. The largest absolute Gasteiger partial charge is 0.716 e. The smallest absolute Gasteiger partial charge is 0.262 e. The second-order valence-corrected chi connectivity index (χ2v) is 4.67. The number of hydrogen-bond donors (Lipinski definition) is 0.